The summed E-state index contributed by atoms with van der Waals surface area (Å²) in [7, 11) is 2.06. The Kier molecular flexibility index (Phi) is 5.56. The topological polar surface area (TPSA) is 83.8 Å². The fourth-order valence-corrected chi connectivity index (χ4v) is 4.52. The second-order valence-electron chi connectivity index (χ2n) is 9.09. The van der Waals surface area contributed by atoms with Crippen LogP contribution in [0.2, 0.25) is 0 Å². The van der Waals surface area contributed by atoms with E-state index in [0.29, 0.717) is 11.4 Å². The largest absolute Gasteiger partial charge is 0.402 e. The summed E-state index contributed by atoms with van der Waals surface area (Å²) in [4.78, 5) is 4.53. The molecule has 0 fully saturated rings. The molecule has 0 amide bonds. The van der Waals surface area contributed by atoms with Crippen LogP contribution in [0.25, 0.3) is 11.0 Å². The highest BCUT2D eigenvalue weighted by Crippen LogP contribution is 2.40. The monoisotopic (exact) mass is 434 g/mol. The molecule has 0 spiro atoms. The lowest BCUT2D eigenvalue weighted by Crippen LogP contribution is -2.09. The molecule has 2 heterocycles. The number of pyridine rings is 1. The quantitative estimate of drug-likeness (QED) is 0.414. The van der Waals surface area contributed by atoms with Gasteiger partial charge in [0, 0.05) is 48.0 Å². The van der Waals surface area contributed by atoms with Crippen molar-refractivity contribution in [3.63, 3.8) is 0 Å². The van der Waals surface area contributed by atoms with Gasteiger partial charge in [-0.15, -0.1) is 0 Å². The van der Waals surface area contributed by atoms with Gasteiger partial charge in [-0.3, -0.25) is 10.1 Å². The van der Waals surface area contributed by atoms with Gasteiger partial charge >= 0.3 is 0 Å². The summed E-state index contributed by atoms with van der Waals surface area (Å²) in [5.74, 6) is 0. The summed E-state index contributed by atoms with van der Waals surface area (Å²) >= 11 is 1.68. The maximum atomic E-state index is 8.69. The lowest BCUT2D eigenvalue weighted by Gasteiger charge is -2.17. The Morgan fingerprint density at radius 3 is 2.58 bits per heavy atom. The Morgan fingerprint density at radius 2 is 1.97 bits per heavy atom. The smallest absolute Gasteiger partial charge is 0.181 e. The van der Waals surface area contributed by atoms with E-state index in [1.807, 2.05) is 16.9 Å². The number of benzene rings is 1. The number of nitrogens with one attached hydrogen (secondary N) is 1. The van der Waals surface area contributed by atoms with E-state index < -0.39 is 0 Å². The fraction of sp³-hybridized carbons (Fsp3) is 0.375. The molecule has 1 aliphatic rings. The maximum Gasteiger partial charge on any atom is 0.181 e. The van der Waals surface area contributed by atoms with Crippen LogP contribution >= 0.6 is 11.9 Å². The van der Waals surface area contributed by atoms with E-state index in [-0.39, 0.29) is 11.5 Å². The van der Waals surface area contributed by atoms with Crippen LogP contribution in [-0.4, -0.2) is 33.8 Å². The first kappa shape index (κ1) is 21.4. The lowest BCUT2D eigenvalue weighted by molar-refractivity contribution is 0.390. The van der Waals surface area contributed by atoms with Crippen LogP contribution in [0.1, 0.15) is 50.8 Å². The third kappa shape index (κ3) is 4.19. The van der Waals surface area contributed by atoms with Crippen molar-refractivity contribution in [2.45, 2.75) is 39.7 Å². The van der Waals surface area contributed by atoms with Gasteiger partial charge in [0.1, 0.15) is 0 Å². The summed E-state index contributed by atoms with van der Waals surface area (Å²) < 4.78 is 4.08. The van der Waals surface area contributed by atoms with Crippen molar-refractivity contribution in [3.8, 4) is 0 Å². The Bertz CT molecular complexity index is 1160. The molecule has 3 aromatic rings. The number of anilines is 1. The molecule has 6 nitrogen and oxygen atoms in total. The number of hydrogen-bond acceptors (Lipinski definition) is 6. The highest BCUT2D eigenvalue weighted by Gasteiger charge is 2.31. The van der Waals surface area contributed by atoms with Gasteiger partial charge in [0.15, 0.2) is 5.65 Å². The molecule has 2 aromatic heterocycles. The molecule has 1 aliphatic carbocycles. The maximum absolute atomic E-state index is 8.69. The summed E-state index contributed by atoms with van der Waals surface area (Å²) in [5, 5.41) is 14.3. The minimum Gasteiger partial charge on any atom is -0.402 e. The molecular formula is C24H30N6S. The molecule has 0 saturated heterocycles. The van der Waals surface area contributed by atoms with Crippen LogP contribution in [0.5, 0.6) is 0 Å². The van der Waals surface area contributed by atoms with Crippen molar-refractivity contribution >= 4 is 34.4 Å². The van der Waals surface area contributed by atoms with Gasteiger partial charge in [0.25, 0.3) is 0 Å². The molecule has 1 atom stereocenters. The number of nitrogens with two attached hydrogens (primary N) is 1. The SMILES string of the molecule is CSN(C)c1ccc(C(C)n2cc3cc(C(=N)C4=C(N)CC(C)(C)C4)cnc3n2)cc1. The van der Waals surface area contributed by atoms with Gasteiger partial charge in [0.2, 0.25) is 0 Å². The fourth-order valence-electron chi connectivity index (χ4n) is 4.19. The van der Waals surface area contributed by atoms with E-state index in [1.54, 1.807) is 18.1 Å². The van der Waals surface area contributed by atoms with Gasteiger partial charge in [-0.25, -0.2) is 4.98 Å². The average Bonchev–Trinajstić information content (AvgIpc) is 3.30. The third-order valence-corrected chi connectivity index (χ3v) is 6.85. The van der Waals surface area contributed by atoms with Crippen LogP contribution in [-0.2, 0) is 0 Å². The Balaban J connectivity index is 1.59. The molecular weight excluding hydrogens is 404 g/mol. The van der Waals surface area contributed by atoms with Crippen LogP contribution in [0.4, 0.5) is 5.69 Å². The first-order valence-corrected chi connectivity index (χ1v) is 11.7. The normalized spacial score (nSPS) is 16.7. The molecule has 0 bridgehead atoms. The molecule has 162 valence electrons. The van der Waals surface area contributed by atoms with Gasteiger partial charge in [-0.2, -0.15) is 5.10 Å². The molecule has 3 N–H and O–H groups in total. The first-order chi connectivity index (χ1) is 14.7. The summed E-state index contributed by atoms with van der Waals surface area (Å²) in [5.41, 5.74) is 12.5. The Morgan fingerprint density at radius 1 is 1.26 bits per heavy atom. The van der Waals surface area contributed by atoms with Gasteiger partial charge in [0.05, 0.1) is 11.8 Å². The number of rotatable bonds is 6. The standard InChI is InChI=1S/C24H30N6S/c1-15(16-6-8-19(9-7-16)29(4)31-5)30-14-18-10-17(13-27-23(18)28-30)22(26)20-11-24(2,3)12-21(20)25/h6-10,13-15,26H,11-12,25H2,1-5H3. The number of aromatic nitrogens is 3. The van der Waals surface area contributed by atoms with Crippen LogP contribution in [0, 0.1) is 10.8 Å². The summed E-state index contributed by atoms with van der Waals surface area (Å²) in [6.07, 6.45) is 7.48. The van der Waals surface area contributed by atoms with Crippen molar-refractivity contribution in [3.05, 3.63) is 65.1 Å². The first-order valence-electron chi connectivity index (χ1n) is 10.5. The molecule has 1 unspecified atom stereocenters. The molecule has 0 aliphatic heterocycles. The number of hydrogen-bond donors (Lipinski definition) is 2. The predicted octanol–water partition coefficient (Wildman–Crippen LogP) is 5.16. The van der Waals surface area contributed by atoms with Crippen molar-refractivity contribution in [1.82, 2.24) is 14.8 Å². The van der Waals surface area contributed by atoms with E-state index >= 15 is 0 Å². The number of nitrogens with zero attached hydrogens (tertiary/aromatic N) is 4. The minimum absolute atomic E-state index is 0.0831. The number of allylic oxidation sites excluding steroid dienone is 2. The summed E-state index contributed by atoms with van der Waals surface area (Å²) in [6, 6.07) is 10.6. The zero-order valence-corrected chi connectivity index (χ0v) is 19.6. The second kappa shape index (κ2) is 8.04. The third-order valence-electron chi connectivity index (χ3n) is 6.09. The van der Waals surface area contributed by atoms with E-state index in [4.69, 9.17) is 11.1 Å². The van der Waals surface area contributed by atoms with Crippen molar-refractivity contribution in [2.75, 3.05) is 17.6 Å². The van der Waals surface area contributed by atoms with Crippen LogP contribution in [0.15, 0.2) is 54.0 Å². The molecule has 4 rings (SSSR count). The average molecular weight is 435 g/mol. The second-order valence-corrected chi connectivity index (χ2v) is 10.0. The number of fused-ring (bicyclic) bond motifs is 1. The van der Waals surface area contributed by atoms with Crippen molar-refractivity contribution in [1.29, 1.82) is 5.41 Å². The van der Waals surface area contributed by atoms with Crippen molar-refractivity contribution < 1.29 is 0 Å². The van der Waals surface area contributed by atoms with E-state index in [0.717, 1.165) is 35.1 Å². The van der Waals surface area contributed by atoms with Crippen LogP contribution < -0.4 is 10.0 Å². The zero-order chi connectivity index (χ0) is 22.3. The zero-order valence-electron chi connectivity index (χ0n) is 18.8. The predicted molar refractivity (Wildman–Crippen MR) is 131 cm³/mol. The molecule has 0 saturated carbocycles. The lowest BCUT2D eigenvalue weighted by atomic mass is 9.88. The van der Waals surface area contributed by atoms with E-state index in [1.165, 1.54) is 11.3 Å². The van der Waals surface area contributed by atoms with E-state index in [9.17, 15) is 0 Å². The molecule has 31 heavy (non-hydrogen) atoms. The molecule has 1 aromatic carbocycles. The van der Waals surface area contributed by atoms with Gasteiger partial charge < -0.3 is 10.0 Å². The van der Waals surface area contributed by atoms with Gasteiger partial charge in [-0.1, -0.05) is 37.9 Å². The van der Waals surface area contributed by atoms with Gasteiger partial charge in [-0.05, 0) is 54.5 Å². The Hall–Kier alpha value is -2.80. The highest BCUT2D eigenvalue weighted by molar-refractivity contribution is 7.99. The van der Waals surface area contributed by atoms with Crippen LogP contribution in [0.3, 0.4) is 0 Å². The highest BCUT2D eigenvalue weighted by atomic mass is 32.2. The minimum atomic E-state index is 0.0831. The summed E-state index contributed by atoms with van der Waals surface area (Å²) in [6.45, 7) is 6.52. The molecule has 7 heteroatoms. The van der Waals surface area contributed by atoms with E-state index in [2.05, 4.69) is 72.7 Å². The molecule has 0 radical (unpaired) electrons. The van der Waals surface area contributed by atoms with Crippen molar-refractivity contribution in [2.24, 2.45) is 11.1 Å². The Labute approximate surface area is 188 Å².